The number of nitrogens with zero attached hydrogens (tertiary/aromatic N) is 1. The molecule has 1 fully saturated rings. The molecule has 1 heterocycles. The van der Waals surface area contributed by atoms with Gasteiger partial charge in [-0.1, -0.05) is 54.8 Å². The van der Waals surface area contributed by atoms with Crippen molar-refractivity contribution in [3.05, 3.63) is 81.6 Å². The van der Waals surface area contributed by atoms with Crippen LogP contribution < -0.4 is 10.9 Å². The molecule has 4 nitrogen and oxygen atoms in total. The van der Waals surface area contributed by atoms with Crippen LogP contribution in [0, 0.1) is 6.92 Å². The van der Waals surface area contributed by atoms with Gasteiger partial charge < -0.3 is 15.2 Å². The summed E-state index contributed by atoms with van der Waals surface area (Å²) in [6.07, 6.45) is 4.68. The van der Waals surface area contributed by atoms with Gasteiger partial charge in [-0.25, -0.2) is 0 Å². The highest BCUT2D eigenvalue weighted by atomic mass is 32.1. The van der Waals surface area contributed by atoms with Crippen LogP contribution in [0.25, 0.3) is 10.9 Å². The second kappa shape index (κ2) is 8.78. The maximum atomic E-state index is 12.7. The molecule has 0 atom stereocenters. The summed E-state index contributed by atoms with van der Waals surface area (Å²) in [6.45, 7) is 3.29. The minimum Gasteiger partial charge on any atom is -0.358 e. The molecular formula is C24H27N3OS. The van der Waals surface area contributed by atoms with E-state index in [1.54, 1.807) is 0 Å². The number of thiocarbonyl (C=S) groups is 1. The predicted octanol–water partition coefficient (Wildman–Crippen LogP) is 4.66. The predicted molar refractivity (Wildman–Crippen MR) is 123 cm³/mol. The Morgan fingerprint density at radius 1 is 1.14 bits per heavy atom. The molecular weight excluding hydrogens is 378 g/mol. The monoisotopic (exact) mass is 405 g/mol. The minimum absolute atomic E-state index is 0.0322. The van der Waals surface area contributed by atoms with Crippen molar-refractivity contribution in [3.8, 4) is 0 Å². The Balaban J connectivity index is 1.57. The van der Waals surface area contributed by atoms with Crippen LogP contribution in [0.1, 0.15) is 42.4 Å². The van der Waals surface area contributed by atoms with Crippen molar-refractivity contribution in [2.24, 2.45) is 0 Å². The lowest BCUT2D eigenvalue weighted by atomic mass is 10.1. The minimum atomic E-state index is -0.0322. The van der Waals surface area contributed by atoms with Crippen LogP contribution in [0.5, 0.6) is 0 Å². The number of hydrogen-bond donors (Lipinski definition) is 2. The van der Waals surface area contributed by atoms with Gasteiger partial charge in [0.2, 0.25) is 0 Å². The number of pyridine rings is 1. The number of H-pyrrole nitrogens is 1. The summed E-state index contributed by atoms with van der Waals surface area (Å²) in [4.78, 5) is 18.0. The standard InChI is InChI=1S/C24H27N3OS/c1-17-11-12-22-19(13-17)14-20(23(28)26-22)16-27(21-9-5-6-10-21)24(29)25-15-18-7-3-2-4-8-18/h2-4,7-8,11-14,21H,5-6,9-10,15-16H2,1H3,(H,25,29)(H,26,28). The first-order valence-electron chi connectivity index (χ1n) is 10.3. The Morgan fingerprint density at radius 2 is 1.90 bits per heavy atom. The average Bonchev–Trinajstić information content (AvgIpc) is 3.26. The van der Waals surface area contributed by atoms with Crippen LogP contribution in [0.4, 0.5) is 0 Å². The molecule has 0 amide bonds. The molecule has 4 rings (SSSR count). The van der Waals surface area contributed by atoms with E-state index < -0.39 is 0 Å². The first-order chi connectivity index (χ1) is 14.1. The quantitative estimate of drug-likeness (QED) is 0.607. The van der Waals surface area contributed by atoms with Crippen molar-refractivity contribution in [2.75, 3.05) is 0 Å². The summed E-state index contributed by atoms with van der Waals surface area (Å²) in [5, 5.41) is 5.20. The van der Waals surface area contributed by atoms with Gasteiger partial charge in [0.25, 0.3) is 5.56 Å². The largest absolute Gasteiger partial charge is 0.358 e. The lowest BCUT2D eigenvalue weighted by molar-refractivity contribution is 0.302. The number of aryl methyl sites for hydroxylation is 1. The van der Waals surface area contributed by atoms with E-state index in [-0.39, 0.29) is 5.56 Å². The Morgan fingerprint density at radius 3 is 2.66 bits per heavy atom. The van der Waals surface area contributed by atoms with Crippen molar-refractivity contribution < 1.29 is 0 Å². The molecule has 0 unspecified atom stereocenters. The number of aromatic nitrogens is 1. The van der Waals surface area contributed by atoms with E-state index in [0.29, 0.717) is 19.1 Å². The Labute approximate surface area is 176 Å². The molecule has 2 aromatic carbocycles. The third-order valence-corrected chi connectivity index (χ3v) is 6.11. The van der Waals surface area contributed by atoms with Crippen LogP contribution in [0.15, 0.2) is 59.4 Å². The second-order valence-corrected chi connectivity index (χ2v) is 8.31. The van der Waals surface area contributed by atoms with Gasteiger partial charge in [-0.2, -0.15) is 0 Å². The van der Waals surface area contributed by atoms with Crippen LogP contribution >= 0.6 is 12.2 Å². The average molecular weight is 406 g/mol. The van der Waals surface area contributed by atoms with Crippen LogP contribution in [-0.4, -0.2) is 21.0 Å². The van der Waals surface area contributed by atoms with Gasteiger partial charge in [0.1, 0.15) is 0 Å². The lowest BCUT2D eigenvalue weighted by Crippen LogP contribution is -2.45. The number of rotatable bonds is 5. The molecule has 0 radical (unpaired) electrons. The van der Waals surface area contributed by atoms with E-state index in [9.17, 15) is 4.79 Å². The van der Waals surface area contributed by atoms with Crippen LogP contribution in [0.3, 0.4) is 0 Å². The lowest BCUT2D eigenvalue weighted by Gasteiger charge is -2.31. The van der Waals surface area contributed by atoms with Crippen LogP contribution in [-0.2, 0) is 13.1 Å². The summed E-state index contributed by atoms with van der Waals surface area (Å²) in [5.74, 6) is 0. The van der Waals surface area contributed by atoms with Gasteiger partial charge in [0, 0.05) is 23.7 Å². The van der Waals surface area contributed by atoms with E-state index in [1.807, 2.05) is 36.4 Å². The van der Waals surface area contributed by atoms with Crippen molar-refractivity contribution in [2.45, 2.75) is 51.7 Å². The summed E-state index contributed by atoms with van der Waals surface area (Å²) in [6, 6.07) is 18.8. The third kappa shape index (κ3) is 4.67. The van der Waals surface area contributed by atoms with Crippen molar-refractivity contribution in [1.29, 1.82) is 0 Å². The van der Waals surface area contributed by atoms with Gasteiger partial charge in [-0.05, 0) is 61.1 Å². The molecule has 1 saturated carbocycles. The molecule has 0 spiro atoms. The zero-order valence-corrected chi connectivity index (χ0v) is 17.6. The Bertz CT molecular complexity index is 1050. The van der Waals surface area contributed by atoms with E-state index in [0.717, 1.165) is 34.4 Å². The third-order valence-electron chi connectivity index (χ3n) is 5.73. The van der Waals surface area contributed by atoms with Gasteiger partial charge in [0.05, 0.1) is 6.54 Å². The molecule has 150 valence electrons. The number of nitrogens with one attached hydrogen (secondary N) is 2. The summed E-state index contributed by atoms with van der Waals surface area (Å²) < 4.78 is 0. The maximum absolute atomic E-state index is 12.7. The highest BCUT2D eigenvalue weighted by molar-refractivity contribution is 7.80. The molecule has 1 aliphatic carbocycles. The van der Waals surface area contributed by atoms with E-state index in [4.69, 9.17) is 12.2 Å². The first-order valence-corrected chi connectivity index (χ1v) is 10.7. The number of hydrogen-bond acceptors (Lipinski definition) is 2. The SMILES string of the molecule is Cc1ccc2[nH]c(=O)c(CN(C(=S)NCc3ccccc3)C3CCCC3)cc2c1. The van der Waals surface area contributed by atoms with Gasteiger partial charge in [0.15, 0.2) is 5.11 Å². The highest BCUT2D eigenvalue weighted by Gasteiger charge is 2.25. The van der Waals surface area contributed by atoms with Crippen molar-refractivity contribution >= 4 is 28.2 Å². The van der Waals surface area contributed by atoms with Crippen LogP contribution in [0.2, 0.25) is 0 Å². The fourth-order valence-corrected chi connectivity index (χ4v) is 4.42. The number of benzene rings is 2. The normalized spacial score (nSPS) is 14.2. The molecule has 0 aliphatic heterocycles. The molecule has 2 N–H and O–H groups in total. The molecule has 29 heavy (non-hydrogen) atoms. The van der Waals surface area contributed by atoms with Gasteiger partial charge >= 0.3 is 0 Å². The van der Waals surface area contributed by atoms with Gasteiger partial charge in [-0.15, -0.1) is 0 Å². The highest BCUT2D eigenvalue weighted by Crippen LogP contribution is 2.25. The number of aromatic amines is 1. The molecule has 1 aromatic heterocycles. The smallest absolute Gasteiger partial charge is 0.253 e. The molecule has 0 saturated heterocycles. The number of fused-ring (bicyclic) bond motifs is 1. The Hall–Kier alpha value is -2.66. The molecule has 5 heteroatoms. The zero-order valence-electron chi connectivity index (χ0n) is 16.8. The maximum Gasteiger partial charge on any atom is 0.253 e. The summed E-state index contributed by atoms with van der Waals surface area (Å²) in [5.41, 5.74) is 3.99. The zero-order chi connectivity index (χ0) is 20.2. The molecule has 1 aliphatic rings. The topological polar surface area (TPSA) is 48.1 Å². The van der Waals surface area contributed by atoms with Crippen molar-refractivity contribution in [1.82, 2.24) is 15.2 Å². The molecule has 3 aromatic rings. The van der Waals surface area contributed by atoms with E-state index in [1.165, 1.54) is 24.0 Å². The summed E-state index contributed by atoms with van der Waals surface area (Å²) >= 11 is 5.77. The first kappa shape index (κ1) is 19.6. The van der Waals surface area contributed by atoms with Gasteiger partial charge in [-0.3, -0.25) is 4.79 Å². The Kier molecular flexibility index (Phi) is 5.95. The molecule has 0 bridgehead atoms. The fraction of sp³-hybridized carbons (Fsp3) is 0.333. The second-order valence-electron chi connectivity index (χ2n) is 7.92. The summed E-state index contributed by atoms with van der Waals surface area (Å²) in [7, 11) is 0. The van der Waals surface area contributed by atoms with E-state index >= 15 is 0 Å². The van der Waals surface area contributed by atoms with Crippen molar-refractivity contribution in [3.63, 3.8) is 0 Å². The van der Waals surface area contributed by atoms with E-state index in [2.05, 4.69) is 40.3 Å². The fourth-order valence-electron chi connectivity index (χ4n) is 4.13.